The molecule has 5 nitrogen and oxygen atoms in total. The number of fused-ring (bicyclic) bond motifs is 1. The van der Waals surface area contributed by atoms with E-state index < -0.39 is 10.0 Å². The lowest BCUT2D eigenvalue weighted by atomic mass is 10.0. The molecular weight excluding hydrogens is 276 g/mol. The summed E-state index contributed by atoms with van der Waals surface area (Å²) in [5.74, 6) is -0.398. The number of rotatable bonds is 6. The van der Waals surface area contributed by atoms with Crippen molar-refractivity contribution in [2.45, 2.75) is 43.9 Å². The number of hydrogen-bond acceptors (Lipinski definition) is 3. The average Bonchev–Trinajstić information content (AvgIpc) is 2.70. The highest BCUT2D eigenvalue weighted by molar-refractivity contribution is 7.89. The SMILES string of the molecule is CCCCCNS(=O)(=O)c1ccc2c(c1)[C@H](C)C(=O)N2. The summed E-state index contributed by atoms with van der Waals surface area (Å²) in [6, 6.07) is 4.76. The fourth-order valence-corrected chi connectivity index (χ4v) is 3.34. The number of anilines is 1. The maximum absolute atomic E-state index is 12.2. The molecule has 1 aromatic carbocycles. The Morgan fingerprint density at radius 2 is 2.05 bits per heavy atom. The normalized spacial score (nSPS) is 17.9. The van der Waals surface area contributed by atoms with E-state index in [-0.39, 0.29) is 16.7 Å². The summed E-state index contributed by atoms with van der Waals surface area (Å²) < 4.78 is 26.9. The molecule has 0 spiro atoms. The highest BCUT2D eigenvalue weighted by atomic mass is 32.2. The van der Waals surface area contributed by atoms with Crippen molar-refractivity contribution in [1.29, 1.82) is 0 Å². The van der Waals surface area contributed by atoms with Gasteiger partial charge in [-0.2, -0.15) is 0 Å². The van der Waals surface area contributed by atoms with E-state index >= 15 is 0 Å². The van der Waals surface area contributed by atoms with E-state index in [9.17, 15) is 13.2 Å². The molecule has 1 heterocycles. The van der Waals surface area contributed by atoms with Gasteiger partial charge in [-0.15, -0.1) is 0 Å². The molecule has 20 heavy (non-hydrogen) atoms. The Kier molecular flexibility index (Phi) is 4.45. The van der Waals surface area contributed by atoms with Crippen molar-refractivity contribution in [3.8, 4) is 0 Å². The lowest BCUT2D eigenvalue weighted by Gasteiger charge is -2.08. The van der Waals surface area contributed by atoms with Gasteiger partial charge < -0.3 is 5.32 Å². The van der Waals surface area contributed by atoms with E-state index in [4.69, 9.17) is 0 Å². The standard InChI is InChI=1S/C14H20N2O3S/c1-3-4-5-8-15-20(18,19)11-6-7-13-12(9-11)10(2)14(17)16-13/h6-7,9-10,15H,3-5,8H2,1-2H3,(H,16,17)/t10-/m0/s1. The molecule has 0 fully saturated rings. The first-order chi connectivity index (χ1) is 9.45. The van der Waals surface area contributed by atoms with Crippen molar-refractivity contribution in [1.82, 2.24) is 4.72 Å². The zero-order valence-corrected chi connectivity index (χ0v) is 12.6. The van der Waals surface area contributed by atoms with Gasteiger partial charge in [-0.25, -0.2) is 13.1 Å². The number of unbranched alkanes of at least 4 members (excludes halogenated alkanes) is 2. The van der Waals surface area contributed by atoms with Crippen LogP contribution in [0.5, 0.6) is 0 Å². The minimum absolute atomic E-state index is 0.0922. The number of carbonyl (C=O) groups is 1. The maximum atomic E-state index is 12.2. The summed E-state index contributed by atoms with van der Waals surface area (Å²) in [7, 11) is -3.49. The molecule has 0 radical (unpaired) electrons. The summed E-state index contributed by atoms with van der Waals surface area (Å²) in [6.07, 6.45) is 2.88. The van der Waals surface area contributed by atoms with E-state index in [2.05, 4.69) is 17.0 Å². The third kappa shape index (κ3) is 3.02. The molecule has 110 valence electrons. The molecule has 2 rings (SSSR count). The molecule has 0 unspecified atom stereocenters. The lowest BCUT2D eigenvalue weighted by Crippen LogP contribution is -2.24. The minimum atomic E-state index is -3.49. The minimum Gasteiger partial charge on any atom is -0.325 e. The molecule has 0 aliphatic carbocycles. The van der Waals surface area contributed by atoms with Gasteiger partial charge in [-0.05, 0) is 37.1 Å². The van der Waals surface area contributed by atoms with Gasteiger partial charge in [0.25, 0.3) is 0 Å². The second-order valence-electron chi connectivity index (χ2n) is 5.06. The molecule has 1 amide bonds. The Balaban J connectivity index is 2.16. The molecule has 0 saturated heterocycles. The topological polar surface area (TPSA) is 75.3 Å². The number of nitrogens with one attached hydrogen (secondary N) is 2. The highest BCUT2D eigenvalue weighted by Gasteiger charge is 2.28. The van der Waals surface area contributed by atoms with Crippen LogP contribution in [0.3, 0.4) is 0 Å². The van der Waals surface area contributed by atoms with Crippen LogP contribution in [-0.4, -0.2) is 20.9 Å². The predicted octanol–water partition coefficient (Wildman–Crippen LogP) is 2.21. The Bertz CT molecular complexity index is 611. The highest BCUT2D eigenvalue weighted by Crippen LogP contribution is 2.33. The van der Waals surface area contributed by atoms with Gasteiger partial charge >= 0.3 is 0 Å². The fraction of sp³-hybridized carbons (Fsp3) is 0.500. The number of hydrogen-bond donors (Lipinski definition) is 2. The molecule has 0 aromatic heterocycles. The first-order valence-electron chi connectivity index (χ1n) is 6.90. The van der Waals surface area contributed by atoms with E-state index in [0.717, 1.165) is 24.8 Å². The summed E-state index contributed by atoms with van der Waals surface area (Å²) in [5, 5.41) is 2.73. The maximum Gasteiger partial charge on any atom is 0.240 e. The number of carbonyl (C=O) groups excluding carboxylic acids is 1. The zero-order valence-electron chi connectivity index (χ0n) is 11.8. The lowest BCUT2D eigenvalue weighted by molar-refractivity contribution is -0.116. The molecule has 0 saturated carbocycles. The van der Waals surface area contributed by atoms with Crippen molar-refractivity contribution < 1.29 is 13.2 Å². The van der Waals surface area contributed by atoms with Crippen LogP contribution in [0.1, 0.15) is 44.6 Å². The molecule has 0 bridgehead atoms. The van der Waals surface area contributed by atoms with Crippen LogP contribution in [0.4, 0.5) is 5.69 Å². The number of amides is 1. The largest absolute Gasteiger partial charge is 0.325 e. The Hall–Kier alpha value is -1.40. The van der Waals surface area contributed by atoms with Crippen molar-refractivity contribution in [2.75, 3.05) is 11.9 Å². The van der Waals surface area contributed by atoms with Crippen LogP contribution in [-0.2, 0) is 14.8 Å². The first kappa shape index (κ1) is 15.0. The van der Waals surface area contributed by atoms with Gasteiger partial charge in [0.1, 0.15) is 0 Å². The van der Waals surface area contributed by atoms with Gasteiger partial charge in [-0.3, -0.25) is 4.79 Å². The number of benzene rings is 1. The van der Waals surface area contributed by atoms with Crippen molar-refractivity contribution in [3.63, 3.8) is 0 Å². The van der Waals surface area contributed by atoms with Gasteiger partial charge in [-0.1, -0.05) is 19.8 Å². The fourth-order valence-electron chi connectivity index (χ4n) is 2.23. The molecule has 1 aliphatic heterocycles. The van der Waals surface area contributed by atoms with Gasteiger partial charge in [0, 0.05) is 12.2 Å². The van der Waals surface area contributed by atoms with Crippen molar-refractivity contribution in [3.05, 3.63) is 23.8 Å². The molecular formula is C14H20N2O3S. The van der Waals surface area contributed by atoms with Crippen molar-refractivity contribution >= 4 is 21.6 Å². The van der Waals surface area contributed by atoms with E-state index in [0.29, 0.717) is 12.2 Å². The molecule has 1 aromatic rings. The van der Waals surface area contributed by atoms with Gasteiger partial charge in [0.15, 0.2) is 0 Å². The predicted molar refractivity (Wildman–Crippen MR) is 78.2 cm³/mol. The summed E-state index contributed by atoms with van der Waals surface area (Å²) in [4.78, 5) is 11.8. The van der Waals surface area contributed by atoms with Crippen LogP contribution in [0, 0.1) is 0 Å². The summed E-state index contributed by atoms with van der Waals surface area (Å²) in [6.45, 7) is 4.28. The Morgan fingerprint density at radius 3 is 2.75 bits per heavy atom. The van der Waals surface area contributed by atoms with Crippen LogP contribution < -0.4 is 10.0 Å². The number of sulfonamides is 1. The van der Waals surface area contributed by atoms with Gasteiger partial charge in [0.05, 0.1) is 10.8 Å². The third-order valence-electron chi connectivity index (χ3n) is 3.52. The first-order valence-corrected chi connectivity index (χ1v) is 8.38. The average molecular weight is 296 g/mol. The van der Waals surface area contributed by atoms with E-state index in [1.807, 2.05) is 0 Å². The van der Waals surface area contributed by atoms with Crippen molar-refractivity contribution in [2.24, 2.45) is 0 Å². The third-order valence-corrected chi connectivity index (χ3v) is 4.98. The van der Waals surface area contributed by atoms with Gasteiger partial charge in [0.2, 0.25) is 15.9 Å². The van der Waals surface area contributed by atoms with Crippen LogP contribution >= 0.6 is 0 Å². The van der Waals surface area contributed by atoms with Crippen LogP contribution in [0.2, 0.25) is 0 Å². The monoisotopic (exact) mass is 296 g/mol. The van der Waals surface area contributed by atoms with E-state index in [1.54, 1.807) is 19.1 Å². The Labute approximate surface area is 119 Å². The second-order valence-corrected chi connectivity index (χ2v) is 6.83. The van der Waals surface area contributed by atoms with Crippen LogP contribution in [0.15, 0.2) is 23.1 Å². The molecule has 1 aliphatic rings. The Morgan fingerprint density at radius 1 is 1.30 bits per heavy atom. The zero-order chi connectivity index (χ0) is 14.8. The van der Waals surface area contributed by atoms with E-state index in [1.165, 1.54) is 6.07 Å². The molecule has 6 heteroatoms. The smallest absolute Gasteiger partial charge is 0.240 e. The molecule has 1 atom stereocenters. The van der Waals surface area contributed by atoms with Crippen LogP contribution in [0.25, 0.3) is 0 Å². The quantitative estimate of drug-likeness (QED) is 0.790. The summed E-state index contributed by atoms with van der Waals surface area (Å²) >= 11 is 0. The summed E-state index contributed by atoms with van der Waals surface area (Å²) in [5.41, 5.74) is 1.44. The second kappa shape index (κ2) is 5.93. The molecule has 2 N–H and O–H groups in total.